The minimum atomic E-state index is -0.426. The number of nitrogens with one attached hydrogen (secondary N) is 1. The van der Waals surface area contributed by atoms with E-state index >= 15 is 0 Å². The first-order chi connectivity index (χ1) is 12.9. The van der Waals surface area contributed by atoms with Gasteiger partial charge in [0.1, 0.15) is 16.6 Å². The summed E-state index contributed by atoms with van der Waals surface area (Å²) in [4.78, 5) is 12.3. The fourth-order valence-corrected chi connectivity index (χ4v) is 1.63. The molecule has 1 heterocycles. The van der Waals surface area contributed by atoms with E-state index in [0.29, 0.717) is 11.1 Å². The van der Waals surface area contributed by atoms with Crippen LogP contribution < -0.4 is 17.0 Å². The van der Waals surface area contributed by atoms with Crippen LogP contribution in [0.5, 0.6) is 0 Å². The molecule has 0 saturated heterocycles. The summed E-state index contributed by atoms with van der Waals surface area (Å²) < 4.78 is 29.7. The number of anilines is 1. The Kier molecular flexibility index (Phi) is 9.07. The second-order valence-electron chi connectivity index (χ2n) is 4.52. The highest BCUT2D eigenvalue weighted by Crippen LogP contribution is 2.18. The predicted molar refractivity (Wildman–Crippen MR) is 96.7 cm³/mol. The number of nitrogens with two attached hydrogens (primary N) is 2. The van der Waals surface area contributed by atoms with Gasteiger partial charge in [0.15, 0.2) is 0 Å². The third-order valence-corrected chi connectivity index (χ3v) is 2.77. The number of aromatic nitrogens is 2. The third kappa shape index (κ3) is 7.59. The number of benzene rings is 2. The molecule has 0 saturated carbocycles. The molecular formula is C16H13BrF2N6O2. The second kappa shape index (κ2) is 11.3. The maximum Gasteiger partial charge on any atom is 0.313 e. The lowest BCUT2D eigenvalue weighted by Crippen LogP contribution is -2.29. The van der Waals surface area contributed by atoms with E-state index in [2.05, 4.69) is 26.1 Å². The van der Waals surface area contributed by atoms with Crippen molar-refractivity contribution in [1.29, 1.82) is 5.26 Å². The van der Waals surface area contributed by atoms with Crippen molar-refractivity contribution in [3.05, 3.63) is 65.7 Å². The normalized spacial score (nSPS) is 9.00. The quantitative estimate of drug-likeness (QED) is 0.316. The molecule has 27 heavy (non-hydrogen) atoms. The van der Waals surface area contributed by atoms with Gasteiger partial charge < -0.3 is 10.2 Å². The molecule has 140 valence electrons. The van der Waals surface area contributed by atoms with Crippen molar-refractivity contribution in [2.24, 2.45) is 5.84 Å². The van der Waals surface area contributed by atoms with E-state index in [9.17, 15) is 13.6 Å². The van der Waals surface area contributed by atoms with Crippen molar-refractivity contribution in [2.75, 3.05) is 5.73 Å². The zero-order chi connectivity index (χ0) is 20.2. The average molecular weight is 439 g/mol. The Labute approximate surface area is 160 Å². The molecule has 0 aliphatic heterocycles. The van der Waals surface area contributed by atoms with Gasteiger partial charge in [-0.25, -0.2) is 14.6 Å². The van der Waals surface area contributed by atoms with Crippen LogP contribution in [0, 0.1) is 21.9 Å². The number of amides is 1. The van der Waals surface area contributed by atoms with E-state index in [4.69, 9.17) is 21.3 Å². The molecule has 0 aliphatic rings. The van der Waals surface area contributed by atoms with Crippen LogP contribution in [-0.2, 0) is 0 Å². The lowest BCUT2D eigenvalue weighted by atomic mass is 10.2. The Morgan fingerprint density at radius 2 is 1.56 bits per heavy atom. The summed E-state index contributed by atoms with van der Waals surface area (Å²) in [5.74, 6) is 4.03. The number of rotatable bonds is 2. The zero-order valence-corrected chi connectivity index (χ0v) is 15.2. The van der Waals surface area contributed by atoms with Crippen molar-refractivity contribution in [3.63, 3.8) is 0 Å². The summed E-state index contributed by atoms with van der Waals surface area (Å²) in [6.07, 6.45) is 0. The number of carbonyl (C=O) groups is 1. The number of hydrogen-bond acceptors (Lipinski definition) is 7. The van der Waals surface area contributed by atoms with Crippen LogP contribution >= 0.6 is 15.9 Å². The van der Waals surface area contributed by atoms with Crippen LogP contribution in [0.1, 0.15) is 10.4 Å². The fourth-order valence-electron chi connectivity index (χ4n) is 1.63. The van der Waals surface area contributed by atoms with Gasteiger partial charge in [0.05, 0.1) is 0 Å². The number of nitrogen functional groups attached to an aromatic ring is 2. The molecule has 0 radical (unpaired) electrons. The highest BCUT2D eigenvalue weighted by molar-refractivity contribution is 9.12. The van der Waals surface area contributed by atoms with E-state index in [0.717, 1.165) is 0 Å². The first-order valence-electron chi connectivity index (χ1n) is 7.02. The number of halogens is 3. The summed E-state index contributed by atoms with van der Waals surface area (Å²) in [5, 5.41) is 14.4. The Morgan fingerprint density at radius 3 is 1.96 bits per heavy atom. The highest BCUT2D eigenvalue weighted by atomic mass is 79.9. The number of hydrogen-bond donors (Lipinski definition) is 3. The van der Waals surface area contributed by atoms with Gasteiger partial charge in [0, 0.05) is 27.1 Å². The molecule has 1 amide bonds. The third-order valence-electron chi connectivity index (χ3n) is 2.77. The number of hydrazine groups is 1. The average Bonchev–Trinajstić information content (AvgIpc) is 3.10. The molecule has 0 spiro atoms. The van der Waals surface area contributed by atoms with E-state index in [1.807, 2.05) is 5.43 Å². The number of nitriles is 1. The highest BCUT2D eigenvalue weighted by Gasteiger charge is 2.05. The Morgan fingerprint density at radius 1 is 1.07 bits per heavy atom. The van der Waals surface area contributed by atoms with Crippen molar-refractivity contribution in [2.45, 2.75) is 0 Å². The van der Waals surface area contributed by atoms with Gasteiger partial charge in [-0.3, -0.25) is 10.2 Å². The van der Waals surface area contributed by atoms with E-state index in [1.54, 1.807) is 17.1 Å². The maximum absolute atomic E-state index is 12.5. The predicted octanol–water partition coefficient (Wildman–Crippen LogP) is 2.75. The molecule has 0 fully saturated rings. The van der Waals surface area contributed by atoms with E-state index < -0.39 is 5.91 Å². The molecule has 0 aliphatic carbocycles. The van der Waals surface area contributed by atoms with Crippen LogP contribution in [0.4, 0.5) is 14.8 Å². The van der Waals surface area contributed by atoms with Crippen LogP contribution in [-0.4, -0.2) is 16.1 Å². The second-order valence-corrected chi connectivity index (χ2v) is 4.87. The van der Waals surface area contributed by atoms with Crippen LogP contribution in [0.25, 0.3) is 11.5 Å². The van der Waals surface area contributed by atoms with Gasteiger partial charge in [0.25, 0.3) is 5.91 Å². The Bertz CT molecular complexity index is 895. The van der Waals surface area contributed by atoms with Crippen LogP contribution in [0.3, 0.4) is 0 Å². The lowest BCUT2D eigenvalue weighted by molar-refractivity contribution is 0.0953. The molecule has 3 rings (SSSR count). The molecule has 2 aromatic carbocycles. The molecule has 0 atom stereocenters. The topological polar surface area (TPSA) is 144 Å². The number of carbonyl (C=O) groups excluding carboxylic acids is 1. The van der Waals surface area contributed by atoms with Gasteiger partial charge in [-0.2, -0.15) is 5.26 Å². The fraction of sp³-hybridized carbons (Fsp3) is 0. The van der Waals surface area contributed by atoms with Crippen LogP contribution in [0.15, 0.2) is 52.9 Å². The molecule has 5 N–H and O–H groups in total. The van der Waals surface area contributed by atoms with E-state index in [1.165, 1.54) is 36.4 Å². The molecule has 1 aromatic heterocycles. The maximum atomic E-state index is 12.5. The molecule has 3 aromatic rings. The SMILES string of the molecule is N#CBr.NNC(=O)c1ccc(F)cc1.Nc1nnc(-c2ccc(F)cc2)o1. The molecular weight excluding hydrogens is 426 g/mol. The van der Waals surface area contributed by atoms with Gasteiger partial charge in [-0.15, -0.1) is 5.10 Å². The monoisotopic (exact) mass is 438 g/mol. The molecule has 0 bridgehead atoms. The summed E-state index contributed by atoms with van der Waals surface area (Å²) in [5.41, 5.74) is 8.16. The smallest absolute Gasteiger partial charge is 0.313 e. The Hall–Kier alpha value is -3.36. The van der Waals surface area contributed by atoms with Crippen LogP contribution in [0.2, 0.25) is 0 Å². The van der Waals surface area contributed by atoms with Crippen molar-refractivity contribution < 1.29 is 18.0 Å². The summed E-state index contributed by atoms with van der Waals surface area (Å²) in [7, 11) is 0. The summed E-state index contributed by atoms with van der Waals surface area (Å²) in [6.45, 7) is 0. The largest absolute Gasteiger partial charge is 0.404 e. The lowest BCUT2D eigenvalue weighted by Gasteiger charge is -1.97. The van der Waals surface area contributed by atoms with E-state index in [-0.39, 0.29) is 23.5 Å². The Balaban J connectivity index is 0.000000239. The van der Waals surface area contributed by atoms with Crippen molar-refractivity contribution in [3.8, 4) is 16.4 Å². The van der Waals surface area contributed by atoms with Gasteiger partial charge in [0.2, 0.25) is 5.89 Å². The molecule has 0 unspecified atom stereocenters. The molecule has 11 heteroatoms. The van der Waals surface area contributed by atoms with Crippen molar-refractivity contribution >= 4 is 27.9 Å². The van der Waals surface area contributed by atoms with Gasteiger partial charge in [-0.05, 0) is 48.5 Å². The van der Waals surface area contributed by atoms with Gasteiger partial charge in [-0.1, -0.05) is 5.10 Å². The number of nitrogens with zero attached hydrogens (tertiary/aromatic N) is 3. The first kappa shape index (κ1) is 21.7. The zero-order valence-electron chi connectivity index (χ0n) is 13.6. The summed E-state index contributed by atoms with van der Waals surface area (Å²) >= 11 is 2.45. The molecule has 8 nitrogen and oxygen atoms in total. The first-order valence-corrected chi connectivity index (χ1v) is 7.81. The standard InChI is InChI=1S/C8H6FN3O.C7H7FN2O.CBrN/c9-6-3-1-5(2-4-6)7-11-12-8(10)13-7;8-6-3-1-5(2-4-6)7(11)10-9;2-1-3/h1-4H,(H2,10,12);1-4H,9H2,(H,10,11);. The van der Waals surface area contributed by atoms with Crippen molar-refractivity contribution in [1.82, 2.24) is 15.6 Å². The minimum Gasteiger partial charge on any atom is -0.404 e. The summed E-state index contributed by atoms with van der Waals surface area (Å²) in [6, 6.07) is 10.8. The minimum absolute atomic E-state index is 0.000625. The van der Waals surface area contributed by atoms with Gasteiger partial charge >= 0.3 is 6.01 Å².